The molecule has 48 valence electrons. The smallest absolute Gasteiger partial charge is 0.335 e. The Balaban J connectivity index is 4.32. The predicted molar refractivity (Wildman–Crippen MR) is 36.1 cm³/mol. The van der Waals surface area contributed by atoms with Gasteiger partial charge in [-0.3, -0.25) is 0 Å². The fourth-order valence-corrected chi connectivity index (χ4v) is 0.354. The van der Waals surface area contributed by atoms with E-state index in [2.05, 4.69) is 13.2 Å². The Labute approximate surface area is 53.8 Å². The monoisotopic (exact) mass is 124 g/mol. The summed E-state index contributed by atoms with van der Waals surface area (Å²) in [5.74, 6) is -0.982. The van der Waals surface area contributed by atoms with Gasteiger partial charge in [-0.2, -0.15) is 0 Å². The molecule has 0 aliphatic carbocycles. The van der Waals surface area contributed by atoms with Crippen LogP contribution in [0.15, 0.2) is 37.0 Å². The van der Waals surface area contributed by atoms with Gasteiger partial charge in [0.15, 0.2) is 0 Å². The van der Waals surface area contributed by atoms with Gasteiger partial charge in [-0.25, -0.2) is 4.79 Å². The molecule has 0 rings (SSSR count). The molecule has 0 radical (unpaired) electrons. The molecule has 9 heavy (non-hydrogen) atoms. The van der Waals surface area contributed by atoms with Crippen LogP contribution >= 0.6 is 0 Å². The molecule has 0 aromatic heterocycles. The van der Waals surface area contributed by atoms with Gasteiger partial charge in [-0.05, 0) is 6.08 Å². The normalized spacial score (nSPS) is 10.4. The zero-order valence-electron chi connectivity index (χ0n) is 5.00. The van der Waals surface area contributed by atoms with Crippen molar-refractivity contribution in [1.29, 1.82) is 0 Å². The van der Waals surface area contributed by atoms with Crippen LogP contribution in [-0.4, -0.2) is 11.1 Å². The van der Waals surface area contributed by atoms with Gasteiger partial charge in [0.25, 0.3) is 0 Å². The second-order valence-electron chi connectivity index (χ2n) is 1.37. The summed E-state index contributed by atoms with van der Waals surface area (Å²) in [7, 11) is 0. The molecule has 0 fully saturated rings. The zero-order valence-corrected chi connectivity index (χ0v) is 5.00. The standard InChI is InChI=1S/C7H8O2/c1-3-5-6(4-2)7(8)9/h3-5H,1-2H2,(H,8,9). The summed E-state index contributed by atoms with van der Waals surface area (Å²) < 4.78 is 0. The van der Waals surface area contributed by atoms with Crippen molar-refractivity contribution in [3.63, 3.8) is 0 Å². The minimum Gasteiger partial charge on any atom is -0.478 e. The molecule has 0 aliphatic rings. The number of carboxylic acid groups (broad SMARTS) is 1. The molecule has 0 amide bonds. The summed E-state index contributed by atoms with van der Waals surface area (Å²) in [5, 5.41) is 8.32. The van der Waals surface area contributed by atoms with E-state index in [4.69, 9.17) is 5.11 Å². The number of hydrogen-bond donors (Lipinski definition) is 1. The Bertz CT molecular complexity index is 166. The largest absolute Gasteiger partial charge is 0.478 e. The van der Waals surface area contributed by atoms with Gasteiger partial charge in [-0.15, -0.1) is 0 Å². The SMILES string of the molecule is C=CC=C(C=C)C(=O)O. The van der Waals surface area contributed by atoms with Gasteiger partial charge >= 0.3 is 5.97 Å². The Kier molecular flexibility index (Phi) is 3.13. The Morgan fingerprint density at radius 1 is 1.44 bits per heavy atom. The average Bonchev–Trinajstić information content (AvgIpc) is 1.82. The second kappa shape index (κ2) is 3.66. The molecule has 2 nitrogen and oxygen atoms in total. The van der Waals surface area contributed by atoms with Gasteiger partial charge in [0.2, 0.25) is 0 Å². The van der Waals surface area contributed by atoms with E-state index in [0.29, 0.717) is 0 Å². The van der Waals surface area contributed by atoms with Crippen LogP contribution in [0.3, 0.4) is 0 Å². The lowest BCUT2D eigenvalue weighted by Crippen LogP contribution is -1.95. The first-order valence-corrected chi connectivity index (χ1v) is 2.40. The van der Waals surface area contributed by atoms with Crippen molar-refractivity contribution in [2.45, 2.75) is 0 Å². The van der Waals surface area contributed by atoms with Crippen molar-refractivity contribution in [3.05, 3.63) is 37.0 Å². The number of hydrogen-bond acceptors (Lipinski definition) is 1. The zero-order chi connectivity index (χ0) is 7.28. The first-order chi connectivity index (χ1) is 4.22. The van der Waals surface area contributed by atoms with Crippen molar-refractivity contribution in [2.24, 2.45) is 0 Å². The highest BCUT2D eigenvalue weighted by Crippen LogP contribution is 1.94. The van der Waals surface area contributed by atoms with Gasteiger partial charge < -0.3 is 5.11 Å². The van der Waals surface area contributed by atoms with Crippen molar-refractivity contribution in [3.8, 4) is 0 Å². The summed E-state index contributed by atoms with van der Waals surface area (Å²) in [6, 6.07) is 0. The lowest BCUT2D eigenvalue weighted by molar-refractivity contribution is -0.132. The molecule has 0 aromatic rings. The summed E-state index contributed by atoms with van der Waals surface area (Å²) in [4.78, 5) is 10.1. The lowest BCUT2D eigenvalue weighted by Gasteiger charge is -1.87. The summed E-state index contributed by atoms with van der Waals surface area (Å²) >= 11 is 0. The molecule has 0 bridgehead atoms. The number of carboxylic acids is 1. The van der Waals surface area contributed by atoms with Crippen LogP contribution in [0, 0.1) is 0 Å². The van der Waals surface area contributed by atoms with Crippen LogP contribution in [0.5, 0.6) is 0 Å². The van der Waals surface area contributed by atoms with E-state index < -0.39 is 5.97 Å². The third-order valence-corrected chi connectivity index (χ3v) is 0.764. The van der Waals surface area contributed by atoms with E-state index in [1.165, 1.54) is 18.2 Å². The van der Waals surface area contributed by atoms with Crippen LogP contribution in [0.4, 0.5) is 0 Å². The molecule has 2 heteroatoms. The molecule has 0 aromatic carbocycles. The molecule has 0 saturated heterocycles. The molecular weight excluding hydrogens is 116 g/mol. The van der Waals surface area contributed by atoms with Crippen LogP contribution in [0.2, 0.25) is 0 Å². The maximum Gasteiger partial charge on any atom is 0.335 e. The molecule has 0 aliphatic heterocycles. The first kappa shape index (κ1) is 7.69. The predicted octanol–water partition coefficient (Wildman–Crippen LogP) is 1.37. The molecule has 0 spiro atoms. The maximum atomic E-state index is 10.1. The molecule has 0 heterocycles. The second-order valence-corrected chi connectivity index (χ2v) is 1.37. The lowest BCUT2D eigenvalue weighted by atomic mass is 10.2. The third-order valence-electron chi connectivity index (χ3n) is 0.764. The van der Waals surface area contributed by atoms with E-state index in [9.17, 15) is 4.79 Å². The van der Waals surface area contributed by atoms with E-state index in [1.54, 1.807) is 0 Å². The highest BCUT2D eigenvalue weighted by Gasteiger charge is 1.97. The Morgan fingerprint density at radius 2 is 2.00 bits per heavy atom. The quantitative estimate of drug-likeness (QED) is 0.455. The van der Waals surface area contributed by atoms with Gasteiger partial charge in [0.1, 0.15) is 0 Å². The summed E-state index contributed by atoms with van der Waals surface area (Å²) in [6.07, 6.45) is 4.06. The first-order valence-electron chi connectivity index (χ1n) is 2.40. The minimum atomic E-state index is -0.982. The average molecular weight is 124 g/mol. The van der Waals surface area contributed by atoms with Crippen LogP contribution in [-0.2, 0) is 4.79 Å². The van der Waals surface area contributed by atoms with Crippen molar-refractivity contribution < 1.29 is 9.90 Å². The van der Waals surface area contributed by atoms with Gasteiger partial charge in [0.05, 0.1) is 5.57 Å². The van der Waals surface area contributed by atoms with E-state index in [1.807, 2.05) is 0 Å². The highest BCUT2D eigenvalue weighted by atomic mass is 16.4. The Morgan fingerprint density at radius 3 is 2.11 bits per heavy atom. The topological polar surface area (TPSA) is 37.3 Å². The van der Waals surface area contributed by atoms with E-state index >= 15 is 0 Å². The third kappa shape index (κ3) is 2.49. The van der Waals surface area contributed by atoms with Crippen molar-refractivity contribution >= 4 is 5.97 Å². The highest BCUT2D eigenvalue weighted by molar-refractivity contribution is 5.89. The minimum absolute atomic E-state index is 0.157. The van der Waals surface area contributed by atoms with Crippen molar-refractivity contribution in [2.75, 3.05) is 0 Å². The maximum absolute atomic E-state index is 10.1. The molecular formula is C7H8O2. The molecule has 1 N–H and O–H groups in total. The molecule has 0 atom stereocenters. The number of allylic oxidation sites excluding steroid dienone is 2. The fourth-order valence-electron chi connectivity index (χ4n) is 0.354. The van der Waals surface area contributed by atoms with Gasteiger partial charge in [0, 0.05) is 0 Å². The van der Waals surface area contributed by atoms with Gasteiger partial charge in [-0.1, -0.05) is 25.3 Å². The van der Waals surface area contributed by atoms with Crippen LogP contribution in [0.1, 0.15) is 0 Å². The van der Waals surface area contributed by atoms with E-state index in [-0.39, 0.29) is 5.57 Å². The summed E-state index contributed by atoms with van der Waals surface area (Å²) in [5.41, 5.74) is 0.157. The van der Waals surface area contributed by atoms with Crippen LogP contribution < -0.4 is 0 Å². The Hall–Kier alpha value is -1.31. The number of aliphatic carboxylic acids is 1. The van der Waals surface area contributed by atoms with Crippen molar-refractivity contribution in [1.82, 2.24) is 0 Å². The fraction of sp³-hybridized carbons (Fsp3) is 0. The van der Waals surface area contributed by atoms with Crippen LogP contribution in [0.25, 0.3) is 0 Å². The number of carbonyl (C=O) groups is 1. The molecule has 0 unspecified atom stereocenters. The number of rotatable bonds is 3. The van der Waals surface area contributed by atoms with E-state index in [0.717, 1.165) is 0 Å². The summed E-state index contributed by atoms with van der Waals surface area (Å²) in [6.45, 7) is 6.65. The molecule has 0 saturated carbocycles.